The smallest absolute Gasteiger partial charge is 0.319 e. The number of aromatic nitrogens is 2. The van der Waals surface area contributed by atoms with Gasteiger partial charge in [-0.15, -0.1) is 0 Å². The highest BCUT2D eigenvalue weighted by molar-refractivity contribution is 5.95. The molecule has 0 saturated heterocycles. The number of Topliss-reactive ketones (excluding diaryl/α,β-unsaturated/α-hetero) is 1. The molecule has 0 saturated carbocycles. The fourth-order valence-electron chi connectivity index (χ4n) is 1.53. The van der Waals surface area contributed by atoms with Crippen LogP contribution in [0, 0.1) is 6.92 Å². The van der Waals surface area contributed by atoms with Gasteiger partial charge < -0.3 is 15.2 Å². The van der Waals surface area contributed by atoms with E-state index in [9.17, 15) is 9.59 Å². The van der Waals surface area contributed by atoms with Gasteiger partial charge in [0.2, 0.25) is 5.89 Å². The number of amides is 2. The predicted octanol–water partition coefficient (Wildman–Crippen LogP) is 1.90. The lowest BCUT2D eigenvalue weighted by Gasteiger charge is -2.06. The predicted molar refractivity (Wildman–Crippen MR) is 71.3 cm³/mol. The second-order valence-electron chi connectivity index (χ2n) is 4.18. The summed E-state index contributed by atoms with van der Waals surface area (Å²) in [5.74, 6) is 0.833. The summed E-state index contributed by atoms with van der Waals surface area (Å²) in [6.07, 6.45) is 0. The Hall–Kier alpha value is -2.70. The summed E-state index contributed by atoms with van der Waals surface area (Å²) in [6, 6.07) is 6.23. The number of aryl methyl sites for hydroxylation is 1. The van der Waals surface area contributed by atoms with E-state index in [1.54, 1.807) is 31.2 Å². The van der Waals surface area contributed by atoms with Crippen molar-refractivity contribution in [1.82, 2.24) is 15.5 Å². The van der Waals surface area contributed by atoms with Crippen LogP contribution in [0.5, 0.6) is 0 Å². The molecule has 1 aromatic carbocycles. The maximum Gasteiger partial charge on any atom is 0.319 e. The Morgan fingerprint density at radius 2 is 1.95 bits per heavy atom. The van der Waals surface area contributed by atoms with Crippen LogP contribution in [-0.2, 0) is 6.54 Å². The summed E-state index contributed by atoms with van der Waals surface area (Å²) in [7, 11) is 0. The lowest BCUT2D eigenvalue weighted by Crippen LogP contribution is -2.28. The molecule has 2 amide bonds. The van der Waals surface area contributed by atoms with Gasteiger partial charge in [-0.1, -0.05) is 5.16 Å². The van der Waals surface area contributed by atoms with Crippen LogP contribution in [0.2, 0.25) is 0 Å². The minimum absolute atomic E-state index is 0.0206. The summed E-state index contributed by atoms with van der Waals surface area (Å²) in [5, 5.41) is 8.83. The van der Waals surface area contributed by atoms with Crippen molar-refractivity contribution in [1.29, 1.82) is 0 Å². The van der Waals surface area contributed by atoms with Crippen LogP contribution in [0.1, 0.15) is 29.0 Å². The molecular weight excluding hydrogens is 260 g/mol. The molecule has 0 unspecified atom stereocenters. The maximum absolute atomic E-state index is 11.6. The van der Waals surface area contributed by atoms with Gasteiger partial charge in [0.25, 0.3) is 0 Å². The summed E-state index contributed by atoms with van der Waals surface area (Å²) in [5.41, 5.74) is 1.19. The lowest BCUT2D eigenvalue weighted by molar-refractivity contribution is 0.101. The van der Waals surface area contributed by atoms with Crippen molar-refractivity contribution in [2.45, 2.75) is 20.4 Å². The van der Waals surface area contributed by atoms with Gasteiger partial charge >= 0.3 is 6.03 Å². The largest absolute Gasteiger partial charge is 0.337 e. The highest BCUT2D eigenvalue weighted by Gasteiger charge is 2.06. The third-order valence-corrected chi connectivity index (χ3v) is 2.52. The Morgan fingerprint density at radius 3 is 2.50 bits per heavy atom. The molecule has 0 fully saturated rings. The Bertz CT molecular complexity index is 619. The highest BCUT2D eigenvalue weighted by Crippen LogP contribution is 2.09. The summed E-state index contributed by atoms with van der Waals surface area (Å²) in [6.45, 7) is 3.34. The van der Waals surface area contributed by atoms with E-state index in [2.05, 4.69) is 20.8 Å². The lowest BCUT2D eigenvalue weighted by atomic mass is 10.1. The van der Waals surface area contributed by atoms with E-state index in [1.807, 2.05) is 0 Å². The van der Waals surface area contributed by atoms with E-state index in [4.69, 9.17) is 4.52 Å². The third-order valence-electron chi connectivity index (χ3n) is 2.52. The van der Waals surface area contributed by atoms with Gasteiger partial charge in [0.05, 0.1) is 6.54 Å². The highest BCUT2D eigenvalue weighted by atomic mass is 16.5. The van der Waals surface area contributed by atoms with Crippen molar-refractivity contribution < 1.29 is 14.1 Å². The Labute approximate surface area is 115 Å². The molecule has 0 aliphatic carbocycles. The molecule has 0 radical (unpaired) electrons. The number of rotatable bonds is 4. The summed E-state index contributed by atoms with van der Waals surface area (Å²) >= 11 is 0. The number of anilines is 1. The summed E-state index contributed by atoms with van der Waals surface area (Å²) in [4.78, 5) is 26.7. The van der Waals surface area contributed by atoms with Gasteiger partial charge in [-0.25, -0.2) is 4.79 Å². The van der Waals surface area contributed by atoms with Gasteiger partial charge in [-0.2, -0.15) is 4.98 Å². The van der Waals surface area contributed by atoms with E-state index in [-0.39, 0.29) is 12.3 Å². The van der Waals surface area contributed by atoms with Crippen molar-refractivity contribution in [2.24, 2.45) is 0 Å². The molecule has 0 spiro atoms. The Balaban J connectivity index is 1.86. The first-order valence-electron chi connectivity index (χ1n) is 5.99. The molecule has 2 N–H and O–H groups in total. The second kappa shape index (κ2) is 5.96. The minimum atomic E-state index is -0.392. The van der Waals surface area contributed by atoms with Crippen molar-refractivity contribution in [2.75, 3.05) is 5.32 Å². The third kappa shape index (κ3) is 3.64. The fraction of sp³-hybridized carbons (Fsp3) is 0.231. The molecule has 1 heterocycles. The average molecular weight is 274 g/mol. The standard InChI is InChI=1S/C13H14N4O3/c1-8(18)10-3-5-11(6-4-10)16-13(19)14-7-12-15-9(2)17-20-12/h3-6H,7H2,1-2H3,(H2,14,16,19). The van der Waals surface area contributed by atoms with E-state index in [0.29, 0.717) is 23.0 Å². The number of carbonyl (C=O) groups is 2. The van der Waals surface area contributed by atoms with E-state index in [1.165, 1.54) is 6.92 Å². The number of nitrogens with one attached hydrogen (secondary N) is 2. The van der Waals surface area contributed by atoms with Gasteiger partial charge in [0.1, 0.15) is 0 Å². The van der Waals surface area contributed by atoms with Gasteiger partial charge in [-0.3, -0.25) is 4.79 Å². The number of ketones is 1. The fourth-order valence-corrected chi connectivity index (χ4v) is 1.53. The Kier molecular flexibility index (Phi) is 4.09. The summed E-state index contributed by atoms with van der Waals surface area (Å²) < 4.78 is 4.87. The van der Waals surface area contributed by atoms with Gasteiger partial charge in [0.15, 0.2) is 11.6 Å². The van der Waals surface area contributed by atoms with Crippen LogP contribution in [0.15, 0.2) is 28.8 Å². The molecule has 0 bridgehead atoms. The topological polar surface area (TPSA) is 97.1 Å². The van der Waals surface area contributed by atoms with E-state index in [0.717, 1.165) is 0 Å². The molecule has 0 aliphatic rings. The monoisotopic (exact) mass is 274 g/mol. The van der Waals surface area contributed by atoms with Crippen LogP contribution >= 0.6 is 0 Å². The quantitative estimate of drug-likeness (QED) is 0.830. The molecule has 7 nitrogen and oxygen atoms in total. The van der Waals surface area contributed by atoms with Crippen LogP contribution in [0.3, 0.4) is 0 Å². The number of benzene rings is 1. The molecular formula is C13H14N4O3. The molecule has 0 atom stereocenters. The average Bonchev–Trinajstić information content (AvgIpc) is 2.83. The zero-order valence-electron chi connectivity index (χ0n) is 11.1. The number of nitrogens with zero attached hydrogens (tertiary/aromatic N) is 2. The SMILES string of the molecule is CC(=O)c1ccc(NC(=O)NCc2nc(C)no2)cc1. The molecule has 2 rings (SSSR count). The van der Waals surface area contributed by atoms with Crippen LogP contribution < -0.4 is 10.6 Å². The molecule has 2 aromatic rings. The first kappa shape index (κ1) is 13.7. The van der Waals surface area contributed by atoms with Gasteiger partial charge in [-0.05, 0) is 38.1 Å². The zero-order valence-corrected chi connectivity index (χ0v) is 11.1. The number of hydrogen-bond donors (Lipinski definition) is 2. The number of hydrogen-bond acceptors (Lipinski definition) is 5. The number of carbonyl (C=O) groups excluding carboxylic acids is 2. The minimum Gasteiger partial charge on any atom is -0.337 e. The zero-order chi connectivity index (χ0) is 14.5. The van der Waals surface area contributed by atoms with Crippen molar-refractivity contribution in [3.05, 3.63) is 41.5 Å². The van der Waals surface area contributed by atoms with E-state index >= 15 is 0 Å². The van der Waals surface area contributed by atoms with Crippen LogP contribution in [-0.4, -0.2) is 22.0 Å². The molecule has 7 heteroatoms. The molecule has 1 aromatic heterocycles. The second-order valence-corrected chi connectivity index (χ2v) is 4.18. The Morgan fingerprint density at radius 1 is 1.25 bits per heavy atom. The number of urea groups is 1. The van der Waals surface area contributed by atoms with Crippen LogP contribution in [0.25, 0.3) is 0 Å². The normalized spacial score (nSPS) is 10.1. The van der Waals surface area contributed by atoms with Crippen LogP contribution in [0.4, 0.5) is 10.5 Å². The van der Waals surface area contributed by atoms with Crippen molar-refractivity contribution >= 4 is 17.5 Å². The van der Waals surface area contributed by atoms with Crippen molar-refractivity contribution in [3.63, 3.8) is 0 Å². The van der Waals surface area contributed by atoms with E-state index < -0.39 is 6.03 Å². The molecule has 20 heavy (non-hydrogen) atoms. The molecule has 104 valence electrons. The first-order chi connectivity index (χ1) is 9.54. The first-order valence-corrected chi connectivity index (χ1v) is 5.99. The van der Waals surface area contributed by atoms with Gasteiger partial charge in [0, 0.05) is 11.3 Å². The van der Waals surface area contributed by atoms with Crippen molar-refractivity contribution in [3.8, 4) is 0 Å². The molecule has 0 aliphatic heterocycles. The maximum atomic E-state index is 11.6.